The van der Waals surface area contributed by atoms with E-state index in [-0.39, 0.29) is 17.2 Å². The second-order valence-corrected chi connectivity index (χ2v) is 7.97. The fourth-order valence-electron chi connectivity index (χ4n) is 2.94. The van der Waals surface area contributed by atoms with Crippen LogP contribution in [0.15, 0.2) is 64.5 Å². The van der Waals surface area contributed by atoms with E-state index in [9.17, 15) is 9.59 Å². The van der Waals surface area contributed by atoms with Crippen molar-refractivity contribution in [1.29, 1.82) is 0 Å². The second-order valence-electron chi connectivity index (χ2n) is 6.62. The maximum atomic E-state index is 12.4. The number of benzene rings is 2. The molecule has 152 valence electrons. The average molecular weight is 440 g/mol. The van der Waals surface area contributed by atoms with Crippen molar-refractivity contribution in [1.82, 2.24) is 24.9 Å². The smallest absolute Gasteiger partial charge is 0.266 e. The molecule has 0 aliphatic rings. The number of H-pyrrole nitrogens is 1. The van der Waals surface area contributed by atoms with Crippen LogP contribution in [0.5, 0.6) is 0 Å². The van der Waals surface area contributed by atoms with Gasteiger partial charge in [-0.15, -0.1) is 0 Å². The minimum atomic E-state index is -0.281. The van der Waals surface area contributed by atoms with Crippen LogP contribution in [0.3, 0.4) is 0 Å². The van der Waals surface area contributed by atoms with Crippen molar-refractivity contribution in [3.8, 4) is 11.4 Å². The lowest BCUT2D eigenvalue weighted by atomic mass is 10.1. The summed E-state index contributed by atoms with van der Waals surface area (Å²) in [5.74, 6) is 0.467. The van der Waals surface area contributed by atoms with Gasteiger partial charge in [-0.2, -0.15) is 0 Å². The Bertz CT molecular complexity index is 1280. The molecule has 4 aromatic rings. The molecule has 2 aromatic carbocycles. The van der Waals surface area contributed by atoms with Crippen molar-refractivity contribution in [2.45, 2.75) is 18.6 Å². The predicted molar refractivity (Wildman–Crippen MR) is 118 cm³/mol. The van der Waals surface area contributed by atoms with Gasteiger partial charge in [-0.3, -0.25) is 14.7 Å². The first-order valence-electron chi connectivity index (χ1n) is 9.20. The zero-order chi connectivity index (χ0) is 21.1. The number of hydrogen-bond donors (Lipinski definition) is 2. The molecule has 30 heavy (non-hydrogen) atoms. The van der Waals surface area contributed by atoms with Gasteiger partial charge in [-0.1, -0.05) is 65.8 Å². The van der Waals surface area contributed by atoms with Gasteiger partial charge < -0.3 is 5.32 Å². The quantitative estimate of drug-likeness (QED) is 0.449. The first kappa shape index (κ1) is 20.2. The highest BCUT2D eigenvalue weighted by molar-refractivity contribution is 7.99. The van der Waals surface area contributed by atoms with E-state index in [1.807, 2.05) is 49.4 Å². The van der Waals surface area contributed by atoms with Crippen molar-refractivity contribution < 1.29 is 4.79 Å². The number of aryl methyl sites for hydroxylation is 1. The monoisotopic (exact) mass is 439 g/mol. The molecule has 0 fully saturated rings. The lowest BCUT2D eigenvalue weighted by Crippen LogP contribution is -2.25. The summed E-state index contributed by atoms with van der Waals surface area (Å²) in [5, 5.41) is 6.61. The van der Waals surface area contributed by atoms with Crippen LogP contribution in [-0.4, -0.2) is 31.2 Å². The fourth-order valence-corrected chi connectivity index (χ4v) is 3.93. The molecule has 9 heteroatoms. The van der Waals surface area contributed by atoms with Crippen LogP contribution in [0, 0.1) is 6.92 Å². The molecule has 0 bridgehead atoms. The molecule has 0 spiro atoms. The van der Waals surface area contributed by atoms with Gasteiger partial charge in [0.25, 0.3) is 5.56 Å². The van der Waals surface area contributed by atoms with Crippen LogP contribution in [0.4, 0.5) is 0 Å². The molecule has 0 unspecified atom stereocenters. The Hall–Kier alpha value is -3.10. The Morgan fingerprint density at radius 3 is 2.73 bits per heavy atom. The van der Waals surface area contributed by atoms with Crippen LogP contribution in [0.1, 0.15) is 11.1 Å². The third-order valence-corrected chi connectivity index (χ3v) is 5.78. The van der Waals surface area contributed by atoms with E-state index in [4.69, 9.17) is 11.6 Å². The van der Waals surface area contributed by atoms with E-state index in [0.717, 1.165) is 16.7 Å². The Morgan fingerprint density at radius 2 is 1.93 bits per heavy atom. The van der Waals surface area contributed by atoms with Gasteiger partial charge in [0, 0.05) is 23.2 Å². The summed E-state index contributed by atoms with van der Waals surface area (Å²) < 4.78 is 1.50. The molecule has 0 saturated heterocycles. The molecule has 4 rings (SSSR count). The molecule has 2 heterocycles. The molecular formula is C21H18ClN5O2S. The number of carbonyl (C=O) groups is 1. The molecule has 0 aliphatic heterocycles. The Labute approximate surface area is 181 Å². The normalized spacial score (nSPS) is 11.0. The number of thioether (sulfide) groups is 1. The van der Waals surface area contributed by atoms with Crippen molar-refractivity contribution in [2.75, 3.05) is 5.75 Å². The largest absolute Gasteiger partial charge is 0.351 e. The molecular weight excluding hydrogens is 422 g/mol. The SMILES string of the molecule is Cc1ccccc1-c1nc(SCC(=O)NCc2ccccc2Cl)n2[nH]c(=O)cc2n1. The number of amides is 1. The van der Waals surface area contributed by atoms with Crippen LogP contribution < -0.4 is 10.9 Å². The number of carbonyl (C=O) groups excluding carboxylic acids is 1. The molecule has 0 saturated carbocycles. The van der Waals surface area contributed by atoms with Gasteiger partial charge >= 0.3 is 0 Å². The average Bonchev–Trinajstić information content (AvgIpc) is 3.12. The first-order valence-corrected chi connectivity index (χ1v) is 10.6. The standard InChI is InChI=1S/C21H18ClN5O2S/c1-13-6-2-4-8-15(13)20-24-17-10-18(28)26-27(17)21(25-20)30-12-19(29)23-11-14-7-3-5-9-16(14)22/h2-10H,11-12H2,1H3,(H,23,29)(H,26,28). The van der Waals surface area contributed by atoms with E-state index in [2.05, 4.69) is 20.4 Å². The number of aromatic nitrogens is 4. The molecule has 1 amide bonds. The van der Waals surface area contributed by atoms with Gasteiger partial charge in [0.05, 0.1) is 5.75 Å². The van der Waals surface area contributed by atoms with E-state index in [1.165, 1.54) is 22.3 Å². The number of hydrogen-bond acceptors (Lipinski definition) is 5. The molecule has 2 N–H and O–H groups in total. The van der Waals surface area contributed by atoms with Gasteiger partial charge in [-0.05, 0) is 24.1 Å². The number of halogens is 1. The maximum absolute atomic E-state index is 12.4. The molecule has 0 radical (unpaired) electrons. The minimum absolute atomic E-state index is 0.129. The zero-order valence-electron chi connectivity index (χ0n) is 16.1. The summed E-state index contributed by atoms with van der Waals surface area (Å²) in [6.45, 7) is 2.31. The summed E-state index contributed by atoms with van der Waals surface area (Å²) in [4.78, 5) is 33.3. The predicted octanol–water partition coefficient (Wildman–Crippen LogP) is 3.45. The van der Waals surface area contributed by atoms with Crippen molar-refractivity contribution >= 4 is 34.9 Å². The highest BCUT2D eigenvalue weighted by Gasteiger charge is 2.14. The van der Waals surface area contributed by atoms with E-state index >= 15 is 0 Å². The summed E-state index contributed by atoms with van der Waals surface area (Å²) in [5.41, 5.74) is 2.91. The molecule has 0 atom stereocenters. The number of rotatable bonds is 6. The fraction of sp³-hybridized carbons (Fsp3) is 0.143. The Morgan fingerprint density at radius 1 is 1.17 bits per heavy atom. The van der Waals surface area contributed by atoms with E-state index in [1.54, 1.807) is 6.07 Å². The number of aromatic amines is 1. The number of nitrogens with zero attached hydrogens (tertiary/aromatic N) is 3. The summed E-state index contributed by atoms with van der Waals surface area (Å²) in [6.07, 6.45) is 0. The van der Waals surface area contributed by atoms with Crippen molar-refractivity contribution in [3.05, 3.63) is 81.1 Å². The Balaban J connectivity index is 1.54. The van der Waals surface area contributed by atoms with Crippen LogP contribution in [0.2, 0.25) is 5.02 Å². The number of fused-ring (bicyclic) bond motifs is 1. The van der Waals surface area contributed by atoms with Crippen molar-refractivity contribution in [3.63, 3.8) is 0 Å². The van der Waals surface area contributed by atoms with Crippen molar-refractivity contribution in [2.24, 2.45) is 0 Å². The van der Waals surface area contributed by atoms with E-state index in [0.29, 0.717) is 28.2 Å². The van der Waals surface area contributed by atoms with Gasteiger partial charge in [0.15, 0.2) is 16.6 Å². The number of nitrogens with one attached hydrogen (secondary N) is 2. The lowest BCUT2D eigenvalue weighted by molar-refractivity contribution is -0.118. The van der Waals surface area contributed by atoms with Crippen LogP contribution in [0.25, 0.3) is 17.0 Å². The maximum Gasteiger partial charge on any atom is 0.266 e. The van der Waals surface area contributed by atoms with E-state index < -0.39 is 0 Å². The summed E-state index contributed by atoms with van der Waals surface area (Å²) in [7, 11) is 0. The Kier molecular flexibility index (Phi) is 5.87. The second kappa shape index (κ2) is 8.73. The zero-order valence-corrected chi connectivity index (χ0v) is 17.6. The summed E-state index contributed by atoms with van der Waals surface area (Å²) in [6, 6.07) is 16.5. The molecule has 2 aromatic heterocycles. The van der Waals surface area contributed by atoms with Gasteiger partial charge in [0.2, 0.25) is 5.91 Å². The third kappa shape index (κ3) is 4.39. The molecule has 7 nitrogen and oxygen atoms in total. The van der Waals surface area contributed by atoms with Crippen LogP contribution >= 0.6 is 23.4 Å². The molecule has 0 aliphatic carbocycles. The van der Waals surface area contributed by atoms with Gasteiger partial charge in [0.1, 0.15) is 0 Å². The highest BCUT2D eigenvalue weighted by atomic mass is 35.5. The first-order chi connectivity index (χ1) is 14.5. The third-order valence-electron chi connectivity index (χ3n) is 4.48. The lowest BCUT2D eigenvalue weighted by Gasteiger charge is -2.09. The van der Waals surface area contributed by atoms with Crippen LogP contribution in [-0.2, 0) is 11.3 Å². The topological polar surface area (TPSA) is 92.2 Å². The minimum Gasteiger partial charge on any atom is -0.351 e. The van der Waals surface area contributed by atoms with Gasteiger partial charge in [-0.25, -0.2) is 14.5 Å². The highest BCUT2D eigenvalue weighted by Crippen LogP contribution is 2.23. The summed E-state index contributed by atoms with van der Waals surface area (Å²) >= 11 is 7.35.